The molecule has 0 aromatic heterocycles. The lowest BCUT2D eigenvalue weighted by atomic mass is 9.96. The third kappa shape index (κ3) is 2.86. The molecule has 3 heteroatoms. The maximum Gasteiger partial charge on any atom is 0.229 e. The Morgan fingerprint density at radius 1 is 1.18 bits per heavy atom. The van der Waals surface area contributed by atoms with Crippen LogP contribution in [0.15, 0.2) is 42.5 Å². The maximum atomic E-state index is 12.7. The van der Waals surface area contributed by atoms with Gasteiger partial charge in [0.2, 0.25) is 5.91 Å². The van der Waals surface area contributed by atoms with E-state index in [-0.39, 0.29) is 23.8 Å². The second-order valence-electron chi connectivity index (χ2n) is 6.40. The van der Waals surface area contributed by atoms with E-state index in [4.69, 9.17) is 0 Å². The third-order valence-electron chi connectivity index (χ3n) is 4.86. The van der Waals surface area contributed by atoms with Crippen molar-refractivity contribution in [2.45, 2.75) is 32.3 Å². The van der Waals surface area contributed by atoms with Crippen LogP contribution in [0.2, 0.25) is 0 Å². The van der Waals surface area contributed by atoms with Gasteiger partial charge in [-0.05, 0) is 36.6 Å². The third-order valence-corrected chi connectivity index (χ3v) is 4.86. The van der Waals surface area contributed by atoms with Crippen LogP contribution in [0.1, 0.15) is 31.7 Å². The van der Waals surface area contributed by atoms with Gasteiger partial charge in [0.25, 0.3) is 0 Å². The zero-order valence-electron chi connectivity index (χ0n) is 13.2. The van der Waals surface area contributed by atoms with E-state index in [1.807, 2.05) is 36.9 Å². The molecule has 1 N–H and O–H groups in total. The SMILES string of the molecule is CC(C(=O)N1CCC(C(C)O)C1)c1ccc2ccccc2c1. The van der Waals surface area contributed by atoms with Crippen LogP contribution in [0.25, 0.3) is 10.8 Å². The standard InChI is InChI=1S/C19H23NO2/c1-13(19(22)20-10-9-18(12-20)14(2)21)16-8-7-15-5-3-4-6-17(15)11-16/h3-8,11,13-14,18,21H,9-10,12H2,1-2H3. The van der Waals surface area contributed by atoms with E-state index in [1.54, 1.807) is 0 Å². The Hall–Kier alpha value is -1.87. The Bertz CT molecular complexity index is 680. The van der Waals surface area contributed by atoms with Crippen molar-refractivity contribution in [1.29, 1.82) is 0 Å². The van der Waals surface area contributed by atoms with Crippen molar-refractivity contribution in [3.63, 3.8) is 0 Å². The first-order valence-corrected chi connectivity index (χ1v) is 8.02. The minimum atomic E-state index is -0.339. The highest BCUT2D eigenvalue weighted by atomic mass is 16.3. The van der Waals surface area contributed by atoms with Crippen molar-refractivity contribution < 1.29 is 9.90 Å². The fourth-order valence-electron chi connectivity index (χ4n) is 3.27. The molecule has 1 fully saturated rings. The summed E-state index contributed by atoms with van der Waals surface area (Å²) in [5, 5.41) is 12.1. The van der Waals surface area contributed by atoms with Crippen LogP contribution < -0.4 is 0 Å². The molecule has 1 aliphatic heterocycles. The first-order chi connectivity index (χ1) is 10.6. The summed E-state index contributed by atoms with van der Waals surface area (Å²) < 4.78 is 0. The van der Waals surface area contributed by atoms with Gasteiger partial charge in [-0.3, -0.25) is 4.79 Å². The number of fused-ring (bicyclic) bond motifs is 1. The summed E-state index contributed by atoms with van der Waals surface area (Å²) in [6.07, 6.45) is 0.558. The molecular formula is C19H23NO2. The Morgan fingerprint density at radius 2 is 1.91 bits per heavy atom. The van der Waals surface area contributed by atoms with Crippen molar-refractivity contribution in [1.82, 2.24) is 4.90 Å². The number of aliphatic hydroxyl groups excluding tert-OH is 1. The first-order valence-electron chi connectivity index (χ1n) is 8.02. The van der Waals surface area contributed by atoms with Gasteiger partial charge < -0.3 is 10.0 Å². The number of amides is 1. The molecule has 0 aliphatic carbocycles. The second-order valence-corrected chi connectivity index (χ2v) is 6.40. The first kappa shape index (κ1) is 15.0. The number of aliphatic hydroxyl groups is 1. The number of likely N-dealkylation sites (tertiary alicyclic amines) is 1. The van der Waals surface area contributed by atoms with Gasteiger partial charge in [0, 0.05) is 19.0 Å². The van der Waals surface area contributed by atoms with Crippen molar-refractivity contribution in [2.24, 2.45) is 5.92 Å². The monoisotopic (exact) mass is 297 g/mol. The molecule has 3 unspecified atom stereocenters. The summed E-state index contributed by atoms with van der Waals surface area (Å²) in [5.74, 6) is 0.239. The van der Waals surface area contributed by atoms with Gasteiger partial charge in [-0.1, -0.05) is 42.5 Å². The number of hydrogen-bond donors (Lipinski definition) is 1. The molecule has 0 radical (unpaired) electrons. The minimum absolute atomic E-state index is 0.141. The molecule has 0 bridgehead atoms. The number of rotatable bonds is 3. The topological polar surface area (TPSA) is 40.5 Å². The van der Waals surface area contributed by atoms with Crippen molar-refractivity contribution in [2.75, 3.05) is 13.1 Å². The zero-order valence-corrected chi connectivity index (χ0v) is 13.2. The predicted molar refractivity (Wildman–Crippen MR) is 88.7 cm³/mol. The van der Waals surface area contributed by atoms with Gasteiger partial charge in [0.1, 0.15) is 0 Å². The lowest BCUT2D eigenvalue weighted by Gasteiger charge is -2.22. The summed E-state index contributed by atoms with van der Waals surface area (Å²) in [5.41, 5.74) is 1.06. The van der Waals surface area contributed by atoms with E-state index in [2.05, 4.69) is 24.3 Å². The van der Waals surface area contributed by atoms with Gasteiger partial charge in [-0.25, -0.2) is 0 Å². The van der Waals surface area contributed by atoms with Crippen molar-refractivity contribution >= 4 is 16.7 Å². The average Bonchev–Trinajstić information content (AvgIpc) is 3.03. The molecule has 1 heterocycles. The van der Waals surface area contributed by atoms with Gasteiger partial charge in [0.15, 0.2) is 0 Å². The number of hydrogen-bond acceptors (Lipinski definition) is 2. The summed E-state index contributed by atoms with van der Waals surface area (Å²) in [6, 6.07) is 14.4. The number of benzene rings is 2. The van der Waals surface area contributed by atoms with Gasteiger partial charge in [-0.15, -0.1) is 0 Å². The predicted octanol–water partition coefficient (Wildman–Crippen LogP) is 3.17. The van der Waals surface area contributed by atoms with Gasteiger partial charge in [-0.2, -0.15) is 0 Å². The number of carbonyl (C=O) groups excluding carboxylic acids is 1. The Balaban J connectivity index is 1.77. The molecule has 3 atom stereocenters. The summed E-state index contributed by atoms with van der Waals surface area (Å²) in [7, 11) is 0. The molecule has 1 saturated heterocycles. The molecule has 3 rings (SSSR count). The number of carbonyl (C=O) groups is 1. The molecule has 3 nitrogen and oxygen atoms in total. The highest BCUT2D eigenvalue weighted by Gasteiger charge is 2.31. The van der Waals surface area contributed by atoms with Crippen LogP contribution in [-0.4, -0.2) is 35.1 Å². The van der Waals surface area contributed by atoms with Crippen LogP contribution in [0, 0.1) is 5.92 Å². The van der Waals surface area contributed by atoms with E-state index < -0.39 is 0 Å². The number of nitrogens with zero attached hydrogens (tertiary/aromatic N) is 1. The lowest BCUT2D eigenvalue weighted by molar-refractivity contribution is -0.131. The maximum absolute atomic E-state index is 12.7. The van der Waals surface area contributed by atoms with E-state index >= 15 is 0 Å². The van der Waals surface area contributed by atoms with Crippen LogP contribution >= 0.6 is 0 Å². The van der Waals surface area contributed by atoms with Gasteiger partial charge in [0.05, 0.1) is 12.0 Å². The van der Waals surface area contributed by atoms with E-state index in [1.165, 1.54) is 10.8 Å². The van der Waals surface area contributed by atoms with Crippen molar-refractivity contribution in [3.8, 4) is 0 Å². The fourth-order valence-corrected chi connectivity index (χ4v) is 3.27. The quantitative estimate of drug-likeness (QED) is 0.945. The molecular weight excluding hydrogens is 274 g/mol. The van der Waals surface area contributed by atoms with E-state index in [0.717, 1.165) is 18.5 Å². The molecule has 0 saturated carbocycles. The zero-order chi connectivity index (χ0) is 15.7. The fraction of sp³-hybridized carbons (Fsp3) is 0.421. The normalized spacial score (nSPS) is 21.0. The Labute approximate surface area is 131 Å². The molecule has 1 amide bonds. The molecule has 1 aliphatic rings. The minimum Gasteiger partial charge on any atom is -0.393 e. The van der Waals surface area contributed by atoms with Crippen LogP contribution in [0.3, 0.4) is 0 Å². The molecule has 116 valence electrons. The highest BCUT2D eigenvalue weighted by Crippen LogP contribution is 2.27. The van der Waals surface area contributed by atoms with E-state index in [0.29, 0.717) is 6.54 Å². The smallest absolute Gasteiger partial charge is 0.229 e. The summed E-state index contributed by atoms with van der Waals surface area (Å²) >= 11 is 0. The Kier molecular flexibility index (Phi) is 4.16. The van der Waals surface area contributed by atoms with E-state index in [9.17, 15) is 9.90 Å². The highest BCUT2D eigenvalue weighted by molar-refractivity contribution is 5.87. The van der Waals surface area contributed by atoms with Crippen LogP contribution in [0.5, 0.6) is 0 Å². The lowest BCUT2D eigenvalue weighted by Crippen LogP contribution is -2.33. The second kappa shape index (κ2) is 6.09. The van der Waals surface area contributed by atoms with Crippen LogP contribution in [0.4, 0.5) is 0 Å². The van der Waals surface area contributed by atoms with Crippen LogP contribution in [-0.2, 0) is 4.79 Å². The molecule has 2 aromatic rings. The summed E-state index contributed by atoms with van der Waals surface area (Å²) in [4.78, 5) is 14.6. The molecule has 2 aromatic carbocycles. The Morgan fingerprint density at radius 3 is 2.59 bits per heavy atom. The summed E-state index contributed by atoms with van der Waals surface area (Å²) in [6.45, 7) is 5.22. The average molecular weight is 297 g/mol. The van der Waals surface area contributed by atoms with Gasteiger partial charge >= 0.3 is 0 Å². The largest absolute Gasteiger partial charge is 0.393 e. The van der Waals surface area contributed by atoms with Crippen molar-refractivity contribution in [3.05, 3.63) is 48.0 Å². The molecule has 22 heavy (non-hydrogen) atoms. The molecule has 0 spiro atoms.